The molecule has 1 atom stereocenters. The third-order valence-electron chi connectivity index (χ3n) is 4.10. The number of Topliss-reactive ketones (excluding diaryl/α,β-unsaturated/α-hetero) is 3. The van der Waals surface area contributed by atoms with Crippen LogP contribution in [0.4, 0.5) is 0 Å². The lowest BCUT2D eigenvalue weighted by Crippen LogP contribution is -2.41. The fourth-order valence-corrected chi connectivity index (χ4v) is 4.32. The molecule has 1 heterocycles. The minimum Gasteiger partial charge on any atom is -0.298 e. The van der Waals surface area contributed by atoms with E-state index in [2.05, 4.69) is 0 Å². The van der Waals surface area contributed by atoms with Crippen LogP contribution in [-0.2, 0) is 14.4 Å². The SMILES string of the molecule is CCC(=O)C1C(=O)CC(C2CCCSC2)CC1=O. The van der Waals surface area contributed by atoms with E-state index in [1.807, 2.05) is 11.8 Å². The van der Waals surface area contributed by atoms with E-state index in [9.17, 15) is 14.4 Å². The quantitative estimate of drug-likeness (QED) is 0.737. The molecule has 100 valence electrons. The van der Waals surface area contributed by atoms with Crippen molar-refractivity contribution in [1.29, 1.82) is 0 Å². The molecule has 0 aromatic rings. The van der Waals surface area contributed by atoms with Gasteiger partial charge in [0.2, 0.25) is 0 Å². The van der Waals surface area contributed by atoms with Crippen LogP contribution in [-0.4, -0.2) is 28.9 Å². The van der Waals surface area contributed by atoms with Crippen molar-refractivity contribution in [1.82, 2.24) is 0 Å². The number of thioether (sulfide) groups is 1. The van der Waals surface area contributed by atoms with E-state index < -0.39 is 5.92 Å². The Bertz CT molecular complexity index is 340. The first-order chi connectivity index (χ1) is 8.63. The van der Waals surface area contributed by atoms with Gasteiger partial charge in [-0.05, 0) is 36.2 Å². The summed E-state index contributed by atoms with van der Waals surface area (Å²) in [7, 11) is 0. The van der Waals surface area contributed by atoms with Gasteiger partial charge in [0.15, 0.2) is 17.3 Å². The largest absolute Gasteiger partial charge is 0.298 e. The summed E-state index contributed by atoms with van der Waals surface area (Å²) in [5, 5.41) is 0. The topological polar surface area (TPSA) is 51.2 Å². The van der Waals surface area contributed by atoms with Gasteiger partial charge in [0.1, 0.15) is 5.92 Å². The Balaban J connectivity index is 2.02. The van der Waals surface area contributed by atoms with Gasteiger partial charge in [-0.1, -0.05) is 6.92 Å². The van der Waals surface area contributed by atoms with Gasteiger partial charge in [-0.15, -0.1) is 0 Å². The van der Waals surface area contributed by atoms with Crippen molar-refractivity contribution in [3.63, 3.8) is 0 Å². The maximum Gasteiger partial charge on any atom is 0.151 e. The normalized spacial score (nSPS) is 33.5. The highest BCUT2D eigenvalue weighted by Gasteiger charge is 2.41. The number of carbonyl (C=O) groups is 3. The third-order valence-corrected chi connectivity index (χ3v) is 5.34. The van der Waals surface area contributed by atoms with Crippen molar-refractivity contribution in [3.8, 4) is 0 Å². The van der Waals surface area contributed by atoms with Crippen molar-refractivity contribution in [3.05, 3.63) is 0 Å². The second kappa shape index (κ2) is 6.00. The molecule has 1 saturated heterocycles. The summed E-state index contributed by atoms with van der Waals surface area (Å²) in [4.78, 5) is 35.6. The predicted octanol–water partition coefficient (Wildman–Crippen LogP) is 2.27. The molecule has 1 aliphatic heterocycles. The molecule has 0 radical (unpaired) electrons. The molecular weight excluding hydrogens is 248 g/mol. The summed E-state index contributed by atoms with van der Waals surface area (Å²) in [5.74, 6) is 1.58. The van der Waals surface area contributed by atoms with Crippen LogP contribution in [0.25, 0.3) is 0 Å². The second-order valence-electron chi connectivity index (χ2n) is 5.33. The van der Waals surface area contributed by atoms with Crippen molar-refractivity contribution >= 4 is 29.1 Å². The van der Waals surface area contributed by atoms with Gasteiger partial charge in [0.05, 0.1) is 0 Å². The first-order valence-corrected chi connectivity index (χ1v) is 7.94. The van der Waals surface area contributed by atoms with E-state index in [-0.39, 0.29) is 29.7 Å². The molecule has 0 amide bonds. The highest BCUT2D eigenvalue weighted by atomic mass is 32.2. The van der Waals surface area contributed by atoms with Crippen LogP contribution in [0.1, 0.15) is 39.0 Å². The molecule has 18 heavy (non-hydrogen) atoms. The molecule has 1 saturated carbocycles. The summed E-state index contributed by atoms with van der Waals surface area (Å²) < 4.78 is 0. The number of hydrogen-bond acceptors (Lipinski definition) is 4. The fourth-order valence-electron chi connectivity index (χ4n) is 3.04. The lowest BCUT2D eigenvalue weighted by atomic mass is 9.72. The number of carbonyl (C=O) groups excluding carboxylic acids is 3. The summed E-state index contributed by atoms with van der Waals surface area (Å²) >= 11 is 1.92. The zero-order chi connectivity index (χ0) is 13.1. The Labute approximate surface area is 112 Å². The van der Waals surface area contributed by atoms with Gasteiger partial charge in [0, 0.05) is 19.3 Å². The minimum absolute atomic E-state index is 0.126. The Morgan fingerprint density at radius 2 is 1.89 bits per heavy atom. The Morgan fingerprint density at radius 1 is 1.22 bits per heavy atom. The van der Waals surface area contributed by atoms with Crippen molar-refractivity contribution in [2.24, 2.45) is 17.8 Å². The van der Waals surface area contributed by atoms with Crippen molar-refractivity contribution in [2.45, 2.75) is 39.0 Å². The lowest BCUT2D eigenvalue weighted by Gasteiger charge is -2.33. The molecule has 2 fully saturated rings. The highest BCUT2D eigenvalue weighted by molar-refractivity contribution is 7.99. The van der Waals surface area contributed by atoms with E-state index in [0.29, 0.717) is 18.8 Å². The number of hydrogen-bond donors (Lipinski definition) is 0. The molecule has 0 aromatic carbocycles. The monoisotopic (exact) mass is 268 g/mol. The van der Waals surface area contributed by atoms with Crippen LogP contribution >= 0.6 is 11.8 Å². The fraction of sp³-hybridized carbons (Fsp3) is 0.786. The van der Waals surface area contributed by atoms with Gasteiger partial charge in [-0.25, -0.2) is 0 Å². The van der Waals surface area contributed by atoms with Gasteiger partial charge in [-0.2, -0.15) is 11.8 Å². The average molecular weight is 268 g/mol. The molecule has 0 bridgehead atoms. The maximum absolute atomic E-state index is 12.0. The second-order valence-corrected chi connectivity index (χ2v) is 6.48. The van der Waals surface area contributed by atoms with Gasteiger partial charge in [-0.3, -0.25) is 14.4 Å². The zero-order valence-electron chi connectivity index (χ0n) is 10.8. The minimum atomic E-state index is -0.928. The van der Waals surface area contributed by atoms with Crippen molar-refractivity contribution < 1.29 is 14.4 Å². The van der Waals surface area contributed by atoms with Gasteiger partial charge < -0.3 is 0 Å². The summed E-state index contributed by atoms with van der Waals surface area (Å²) in [6.45, 7) is 1.72. The highest BCUT2D eigenvalue weighted by Crippen LogP contribution is 2.36. The first kappa shape index (κ1) is 13.8. The maximum atomic E-state index is 12.0. The third kappa shape index (κ3) is 2.85. The van der Waals surface area contributed by atoms with E-state index in [4.69, 9.17) is 0 Å². The molecule has 1 unspecified atom stereocenters. The molecule has 0 N–H and O–H groups in total. The van der Waals surface area contributed by atoms with E-state index in [1.54, 1.807) is 6.92 Å². The molecule has 0 spiro atoms. The van der Waals surface area contributed by atoms with E-state index in [0.717, 1.165) is 12.2 Å². The molecule has 2 rings (SSSR count). The smallest absolute Gasteiger partial charge is 0.151 e. The standard InChI is InChI=1S/C14H20O3S/c1-2-11(15)14-12(16)6-10(7-13(14)17)9-4-3-5-18-8-9/h9-10,14H,2-8H2,1H3. The Hall–Kier alpha value is -0.640. The molecule has 1 aliphatic carbocycles. The summed E-state index contributed by atoms with van der Waals surface area (Å²) in [6, 6.07) is 0. The Morgan fingerprint density at radius 3 is 2.39 bits per heavy atom. The van der Waals surface area contributed by atoms with Crippen LogP contribution in [0, 0.1) is 17.8 Å². The van der Waals surface area contributed by atoms with E-state index >= 15 is 0 Å². The molecule has 2 aliphatic rings. The Kier molecular flexibility index (Phi) is 4.60. The summed E-state index contributed by atoms with van der Waals surface area (Å²) in [5.41, 5.74) is 0. The zero-order valence-corrected chi connectivity index (χ0v) is 11.6. The van der Waals surface area contributed by atoms with Crippen molar-refractivity contribution in [2.75, 3.05) is 11.5 Å². The molecule has 4 heteroatoms. The lowest BCUT2D eigenvalue weighted by molar-refractivity contribution is -0.144. The molecule has 0 aromatic heterocycles. The van der Waals surface area contributed by atoms with Crippen LogP contribution in [0.5, 0.6) is 0 Å². The van der Waals surface area contributed by atoms with Crippen LogP contribution in [0.3, 0.4) is 0 Å². The molecule has 3 nitrogen and oxygen atoms in total. The molecular formula is C14H20O3S. The van der Waals surface area contributed by atoms with E-state index in [1.165, 1.54) is 12.2 Å². The van der Waals surface area contributed by atoms with Crippen LogP contribution in [0.2, 0.25) is 0 Å². The predicted molar refractivity (Wildman–Crippen MR) is 71.6 cm³/mol. The van der Waals surface area contributed by atoms with Gasteiger partial charge >= 0.3 is 0 Å². The number of rotatable bonds is 3. The number of ketones is 3. The van der Waals surface area contributed by atoms with Crippen LogP contribution < -0.4 is 0 Å². The van der Waals surface area contributed by atoms with Crippen LogP contribution in [0.15, 0.2) is 0 Å². The first-order valence-electron chi connectivity index (χ1n) is 6.79. The average Bonchev–Trinajstić information content (AvgIpc) is 2.38. The summed E-state index contributed by atoms with van der Waals surface area (Å²) in [6.07, 6.45) is 3.48. The van der Waals surface area contributed by atoms with Gasteiger partial charge in [0.25, 0.3) is 0 Å².